The van der Waals surface area contributed by atoms with Crippen molar-refractivity contribution in [1.29, 1.82) is 0 Å². The van der Waals surface area contributed by atoms with Gasteiger partial charge >= 0.3 is 0 Å². The molecule has 0 radical (unpaired) electrons. The van der Waals surface area contributed by atoms with Crippen LogP contribution in [0.1, 0.15) is 22.9 Å². The van der Waals surface area contributed by atoms with Crippen LogP contribution in [0.4, 0.5) is 0 Å². The van der Waals surface area contributed by atoms with Crippen LogP contribution in [0.5, 0.6) is 0 Å². The molecular formula is C16H18N4O2S. The predicted octanol–water partition coefficient (Wildman–Crippen LogP) is 1.70. The van der Waals surface area contributed by atoms with Crippen LogP contribution in [0.3, 0.4) is 0 Å². The molecule has 1 aliphatic heterocycles. The lowest BCUT2D eigenvalue weighted by atomic mass is 10.1. The first-order valence-electron chi connectivity index (χ1n) is 7.63. The summed E-state index contributed by atoms with van der Waals surface area (Å²) >= 11 is 1.57. The van der Waals surface area contributed by atoms with Gasteiger partial charge in [-0.3, -0.25) is 14.3 Å². The van der Waals surface area contributed by atoms with Crippen LogP contribution in [0.15, 0.2) is 36.4 Å². The summed E-state index contributed by atoms with van der Waals surface area (Å²) in [7, 11) is 0. The molecule has 0 amide bonds. The molecule has 0 spiro atoms. The van der Waals surface area contributed by atoms with E-state index in [1.165, 1.54) is 0 Å². The van der Waals surface area contributed by atoms with Crippen molar-refractivity contribution in [3.05, 3.63) is 53.2 Å². The number of aliphatic hydroxyl groups excluding tert-OH is 1. The summed E-state index contributed by atoms with van der Waals surface area (Å²) in [5.74, 6) is 0. The number of aromatic nitrogens is 3. The third-order valence-corrected chi connectivity index (χ3v) is 4.98. The second kappa shape index (κ2) is 6.37. The van der Waals surface area contributed by atoms with Gasteiger partial charge in [0.1, 0.15) is 23.0 Å². The Kier molecular flexibility index (Phi) is 4.09. The van der Waals surface area contributed by atoms with Crippen LogP contribution < -0.4 is 0 Å². The molecule has 1 fully saturated rings. The van der Waals surface area contributed by atoms with Crippen molar-refractivity contribution in [2.24, 2.45) is 0 Å². The predicted molar refractivity (Wildman–Crippen MR) is 87.5 cm³/mol. The van der Waals surface area contributed by atoms with Gasteiger partial charge in [0, 0.05) is 49.2 Å². The van der Waals surface area contributed by atoms with Crippen LogP contribution in [0, 0.1) is 0 Å². The SMILES string of the molecule is OC(c1cncc(CN2CCOCC2)c1)c1ncn2ccsc12. The molecule has 0 bridgehead atoms. The number of nitrogens with zero attached hydrogens (tertiary/aromatic N) is 4. The van der Waals surface area contributed by atoms with Gasteiger partial charge in [-0.05, 0) is 11.6 Å². The molecule has 0 saturated carbocycles. The van der Waals surface area contributed by atoms with Gasteiger partial charge in [-0.1, -0.05) is 0 Å². The molecule has 1 saturated heterocycles. The van der Waals surface area contributed by atoms with E-state index in [0.717, 1.165) is 48.8 Å². The van der Waals surface area contributed by atoms with E-state index in [9.17, 15) is 5.11 Å². The van der Waals surface area contributed by atoms with Crippen molar-refractivity contribution in [2.45, 2.75) is 12.6 Å². The number of rotatable bonds is 4. The maximum absolute atomic E-state index is 10.7. The molecule has 7 heteroatoms. The summed E-state index contributed by atoms with van der Waals surface area (Å²) in [5.41, 5.74) is 2.57. The lowest BCUT2D eigenvalue weighted by Crippen LogP contribution is -2.35. The van der Waals surface area contributed by atoms with E-state index >= 15 is 0 Å². The van der Waals surface area contributed by atoms with Gasteiger partial charge in [0.05, 0.1) is 13.2 Å². The Balaban J connectivity index is 1.56. The second-order valence-electron chi connectivity index (χ2n) is 5.66. The quantitative estimate of drug-likeness (QED) is 0.789. The lowest BCUT2D eigenvalue weighted by molar-refractivity contribution is 0.0341. The minimum Gasteiger partial charge on any atom is -0.382 e. The first-order valence-corrected chi connectivity index (χ1v) is 8.51. The molecule has 1 N–H and O–H groups in total. The first kappa shape index (κ1) is 14.8. The first-order chi connectivity index (χ1) is 11.3. The third-order valence-electron chi connectivity index (χ3n) is 4.08. The zero-order valence-electron chi connectivity index (χ0n) is 12.6. The van der Waals surface area contributed by atoms with Crippen LogP contribution >= 0.6 is 11.3 Å². The van der Waals surface area contributed by atoms with Crippen LogP contribution in [-0.2, 0) is 11.3 Å². The number of pyridine rings is 1. The minimum atomic E-state index is -0.754. The summed E-state index contributed by atoms with van der Waals surface area (Å²) in [6, 6.07) is 2.02. The summed E-state index contributed by atoms with van der Waals surface area (Å²) in [5, 5.41) is 12.7. The van der Waals surface area contributed by atoms with E-state index in [0.29, 0.717) is 5.69 Å². The number of thiazole rings is 1. The number of ether oxygens (including phenoxy) is 1. The van der Waals surface area contributed by atoms with Gasteiger partial charge in [-0.15, -0.1) is 11.3 Å². The highest BCUT2D eigenvalue weighted by atomic mass is 32.1. The highest BCUT2D eigenvalue weighted by molar-refractivity contribution is 7.15. The number of aliphatic hydroxyl groups is 1. The fourth-order valence-corrected chi connectivity index (χ4v) is 3.69. The molecule has 4 rings (SSSR count). The van der Waals surface area contributed by atoms with Gasteiger partial charge in [-0.25, -0.2) is 4.98 Å². The zero-order valence-corrected chi connectivity index (χ0v) is 13.4. The molecule has 4 heterocycles. The van der Waals surface area contributed by atoms with Crippen molar-refractivity contribution in [2.75, 3.05) is 26.3 Å². The Morgan fingerprint density at radius 3 is 3.04 bits per heavy atom. The number of imidazole rings is 1. The number of hydrogen-bond donors (Lipinski definition) is 1. The second-order valence-corrected chi connectivity index (χ2v) is 6.56. The van der Waals surface area contributed by atoms with Gasteiger partial charge in [0.25, 0.3) is 0 Å². The average molecular weight is 330 g/mol. The molecule has 3 aromatic rings. The summed E-state index contributed by atoms with van der Waals surface area (Å²) < 4.78 is 7.30. The Morgan fingerprint density at radius 2 is 2.17 bits per heavy atom. The van der Waals surface area contributed by atoms with E-state index in [2.05, 4.69) is 14.9 Å². The molecule has 3 aromatic heterocycles. The molecular weight excluding hydrogens is 312 g/mol. The fourth-order valence-electron chi connectivity index (χ4n) is 2.86. The normalized spacial score (nSPS) is 17.6. The molecule has 6 nitrogen and oxygen atoms in total. The van der Waals surface area contributed by atoms with E-state index < -0.39 is 6.10 Å². The Bertz CT molecular complexity index is 794. The van der Waals surface area contributed by atoms with E-state index in [1.54, 1.807) is 23.9 Å². The van der Waals surface area contributed by atoms with Gasteiger partial charge in [0.15, 0.2) is 0 Å². The van der Waals surface area contributed by atoms with Gasteiger partial charge in [0.2, 0.25) is 0 Å². The number of fused-ring (bicyclic) bond motifs is 1. The van der Waals surface area contributed by atoms with Crippen molar-refractivity contribution >= 4 is 16.2 Å². The van der Waals surface area contributed by atoms with Gasteiger partial charge < -0.3 is 9.84 Å². The maximum Gasteiger partial charge on any atom is 0.125 e. The monoisotopic (exact) mass is 330 g/mol. The molecule has 1 aliphatic rings. The van der Waals surface area contributed by atoms with Crippen molar-refractivity contribution in [3.8, 4) is 0 Å². The Labute approximate surface area is 138 Å². The third kappa shape index (κ3) is 3.00. The fraction of sp³-hybridized carbons (Fsp3) is 0.375. The van der Waals surface area contributed by atoms with Crippen LogP contribution in [0.25, 0.3) is 4.83 Å². The minimum absolute atomic E-state index is 0.685. The average Bonchev–Trinajstić information content (AvgIpc) is 3.19. The van der Waals surface area contributed by atoms with Crippen molar-refractivity contribution < 1.29 is 9.84 Å². The van der Waals surface area contributed by atoms with E-state index in [-0.39, 0.29) is 0 Å². The van der Waals surface area contributed by atoms with Crippen LogP contribution in [0.2, 0.25) is 0 Å². The molecule has 0 aliphatic carbocycles. The molecule has 120 valence electrons. The molecule has 1 atom stereocenters. The Morgan fingerprint density at radius 1 is 1.30 bits per heavy atom. The zero-order chi connectivity index (χ0) is 15.6. The number of morpholine rings is 1. The van der Waals surface area contributed by atoms with Crippen molar-refractivity contribution in [3.63, 3.8) is 0 Å². The van der Waals surface area contributed by atoms with E-state index in [1.807, 2.05) is 28.2 Å². The maximum atomic E-state index is 10.7. The van der Waals surface area contributed by atoms with Gasteiger partial charge in [-0.2, -0.15) is 0 Å². The summed E-state index contributed by atoms with van der Waals surface area (Å²) in [6.45, 7) is 4.25. The smallest absolute Gasteiger partial charge is 0.125 e. The molecule has 1 unspecified atom stereocenters. The summed E-state index contributed by atoms with van der Waals surface area (Å²) in [6.07, 6.45) is 6.49. The summed E-state index contributed by atoms with van der Waals surface area (Å²) in [4.78, 5) is 12.0. The highest BCUT2D eigenvalue weighted by Gasteiger charge is 2.19. The number of hydrogen-bond acceptors (Lipinski definition) is 6. The van der Waals surface area contributed by atoms with Crippen molar-refractivity contribution in [1.82, 2.24) is 19.3 Å². The van der Waals surface area contributed by atoms with Crippen LogP contribution in [-0.4, -0.2) is 50.7 Å². The largest absolute Gasteiger partial charge is 0.382 e. The standard InChI is InChI=1S/C16H18N4O2S/c21-15(14-16-20(11-18-14)3-6-23-16)13-7-12(8-17-9-13)10-19-1-4-22-5-2-19/h3,6-9,11,15,21H,1-2,4-5,10H2. The molecule has 23 heavy (non-hydrogen) atoms. The highest BCUT2D eigenvalue weighted by Crippen LogP contribution is 2.27. The van der Waals surface area contributed by atoms with E-state index in [4.69, 9.17) is 4.74 Å². The molecule has 0 aromatic carbocycles. The lowest BCUT2D eigenvalue weighted by Gasteiger charge is -2.26. The Hall–Kier alpha value is -1.80. The topological polar surface area (TPSA) is 62.9 Å².